The molecule has 1 amide bonds. The standard InChI is InChI=1S/C15H22N2O3/c1-3-17(11(2)10-14(18)19)15(20)13-6-4-12(5-7-13)8-9-16/h4-7,11H,3,8-10,16H2,1-2H3,(H,18,19). The molecule has 0 spiro atoms. The highest BCUT2D eigenvalue weighted by atomic mass is 16.4. The van der Waals surface area contributed by atoms with Crippen LogP contribution in [-0.4, -0.2) is 41.0 Å². The van der Waals surface area contributed by atoms with Crippen LogP contribution in [0.15, 0.2) is 24.3 Å². The van der Waals surface area contributed by atoms with E-state index >= 15 is 0 Å². The van der Waals surface area contributed by atoms with Crippen molar-refractivity contribution in [2.45, 2.75) is 32.7 Å². The van der Waals surface area contributed by atoms with Crippen molar-refractivity contribution in [2.75, 3.05) is 13.1 Å². The Morgan fingerprint density at radius 1 is 1.30 bits per heavy atom. The van der Waals surface area contributed by atoms with Crippen LogP contribution in [0, 0.1) is 0 Å². The van der Waals surface area contributed by atoms with Crippen LogP contribution in [0.25, 0.3) is 0 Å². The third-order valence-electron chi connectivity index (χ3n) is 3.24. The van der Waals surface area contributed by atoms with Gasteiger partial charge in [0.2, 0.25) is 0 Å². The summed E-state index contributed by atoms with van der Waals surface area (Å²) in [5, 5.41) is 8.83. The smallest absolute Gasteiger partial charge is 0.305 e. The molecule has 5 nitrogen and oxygen atoms in total. The highest BCUT2D eigenvalue weighted by Gasteiger charge is 2.21. The fourth-order valence-electron chi connectivity index (χ4n) is 2.16. The maximum atomic E-state index is 12.4. The average Bonchev–Trinajstić information content (AvgIpc) is 2.39. The van der Waals surface area contributed by atoms with E-state index in [9.17, 15) is 9.59 Å². The maximum absolute atomic E-state index is 12.4. The largest absolute Gasteiger partial charge is 0.481 e. The molecule has 20 heavy (non-hydrogen) atoms. The maximum Gasteiger partial charge on any atom is 0.305 e. The number of nitrogens with zero attached hydrogens (tertiary/aromatic N) is 1. The SMILES string of the molecule is CCN(C(=O)c1ccc(CCN)cc1)C(C)CC(=O)O. The van der Waals surface area contributed by atoms with E-state index < -0.39 is 5.97 Å². The molecule has 1 atom stereocenters. The first-order valence-electron chi connectivity index (χ1n) is 6.81. The average molecular weight is 278 g/mol. The lowest BCUT2D eigenvalue weighted by Gasteiger charge is -2.27. The number of amides is 1. The monoisotopic (exact) mass is 278 g/mol. The van der Waals surface area contributed by atoms with Crippen molar-refractivity contribution in [1.82, 2.24) is 4.90 Å². The summed E-state index contributed by atoms with van der Waals surface area (Å²) in [4.78, 5) is 24.7. The van der Waals surface area contributed by atoms with Gasteiger partial charge < -0.3 is 15.7 Å². The van der Waals surface area contributed by atoms with Crippen molar-refractivity contribution in [3.8, 4) is 0 Å². The van der Waals surface area contributed by atoms with Crippen LogP contribution in [0.4, 0.5) is 0 Å². The molecule has 0 bridgehead atoms. The van der Waals surface area contributed by atoms with Crippen LogP contribution >= 0.6 is 0 Å². The van der Waals surface area contributed by atoms with E-state index in [-0.39, 0.29) is 18.4 Å². The lowest BCUT2D eigenvalue weighted by atomic mass is 10.1. The topological polar surface area (TPSA) is 83.6 Å². The quantitative estimate of drug-likeness (QED) is 0.792. The fraction of sp³-hybridized carbons (Fsp3) is 0.467. The van der Waals surface area contributed by atoms with Gasteiger partial charge in [-0.05, 0) is 44.5 Å². The Morgan fingerprint density at radius 2 is 1.90 bits per heavy atom. The molecule has 0 heterocycles. The summed E-state index contributed by atoms with van der Waals surface area (Å²) in [5.74, 6) is -1.04. The van der Waals surface area contributed by atoms with Gasteiger partial charge in [0.1, 0.15) is 0 Å². The van der Waals surface area contributed by atoms with Gasteiger partial charge in [0.05, 0.1) is 6.42 Å². The number of benzene rings is 1. The van der Waals surface area contributed by atoms with E-state index in [2.05, 4.69) is 0 Å². The highest BCUT2D eigenvalue weighted by Crippen LogP contribution is 2.12. The van der Waals surface area contributed by atoms with Gasteiger partial charge in [-0.1, -0.05) is 12.1 Å². The van der Waals surface area contributed by atoms with Crippen LogP contribution in [0.1, 0.15) is 36.2 Å². The van der Waals surface area contributed by atoms with Gasteiger partial charge in [-0.25, -0.2) is 0 Å². The van der Waals surface area contributed by atoms with Gasteiger partial charge in [-0.2, -0.15) is 0 Å². The van der Waals surface area contributed by atoms with Crippen LogP contribution in [0.2, 0.25) is 0 Å². The predicted molar refractivity (Wildman–Crippen MR) is 77.6 cm³/mol. The second kappa shape index (κ2) is 7.65. The number of hydrogen-bond donors (Lipinski definition) is 2. The number of carboxylic acid groups (broad SMARTS) is 1. The van der Waals surface area contributed by atoms with Crippen LogP contribution in [-0.2, 0) is 11.2 Å². The number of nitrogens with two attached hydrogens (primary N) is 1. The van der Waals surface area contributed by atoms with E-state index in [0.29, 0.717) is 18.7 Å². The van der Waals surface area contributed by atoms with E-state index in [0.717, 1.165) is 12.0 Å². The predicted octanol–water partition coefficient (Wildman–Crippen LogP) is 1.51. The van der Waals surface area contributed by atoms with Crippen molar-refractivity contribution in [3.05, 3.63) is 35.4 Å². The lowest BCUT2D eigenvalue weighted by Crippen LogP contribution is -2.39. The third kappa shape index (κ3) is 4.35. The number of carboxylic acids is 1. The summed E-state index contributed by atoms with van der Waals surface area (Å²) >= 11 is 0. The fourth-order valence-corrected chi connectivity index (χ4v) is 2.16. The molecule has 3 N–H and O–H groups in total. The van der Waals surface area contributed by atoms with E-state index in [1.807, 2.05) is 19.1 Å². The first-order chi connectivity index (χ1) is 9.49. The Balaban J connectivity index is 2.82. The third-order valence-corrected chi connectivity index (χ3v) is 3.24. The van der Waals surface area contributed by atoms with Crippen molar-refractivity contribution < 1.29 is 14.7 Å². The zero-order valence-corrected chi connectivity index (χ0v) is 12.0. The Bertz CT molecular complexity index is 457. The van der Waals surface area contributed by atoms with Crippen LogP contribution < -0.4 is 5.73 Å². The van der Waals surface area contributed by atoms with Crippen LogP contribution in [0.5, 0.6) is 0 Å². The second-order valence-corrected chi connectivity index (χ2v) is 4.77. The Kier molecular flexibility index (Phi) is 6.18. The molecule has 5 heteroatoms. The molecule has 0 aliphatic carbocycles. The summed E-state index contributed by atoms with van der Waals surface area (Å²) in [6.45, 7) is 4.65. The van der Waals surface area contributed by atoms with Crippen molar-refractivity contribution in [3.63, 3.8) is 0 Å². The summed E-state index contributed by atoms with van der Waals surface area (Å²) in [5.41, 5.74) is 7.15. The molecule has 1 aromatic rings. The van der Waals surface area contributed by atoms with E-state index in [1.54, 1.807) is 24.0 Å². The van der Waals surface area contributed by atoms with Gasteiger partial charge in [-0.15, -0.1) is 0 Å². The summed E-state index contributed by atoms with van der Waals surface area (Å²) in [6, 6.07) is 6.98. The number of carbonyl (C=O) groups is 2. The van der Waals surface area contributed by atoms with Gasteiger partial charge >= 0.3 is 5.97 Å². The molecule has 0 saturated heterocycles. The zero-order chi connectivity index (χ0) is 15.1. The molecular formula is C15H22N2O3. The lowest BCUT2D eigenvalue weighted by molar-refractivity contribution is -0.138. The highest BCUT2D eigenvalue weighted by molar-refractivity contribution is 5.94. The normalized spacial score (nSPS) is 11.9. The first-order valence-corrected chi connectivity index (χ1v) is 6.81. The molecule has 0 saturated carbocycles. The number of aliphatic carboxylic acids is 1. The molecule has 0 fully saturated rings. The van der Waals surface area contributed by atoms with Crippen molar-refractivity contribution in [2.24, 2.45) is 5.73 Å². The summed E-state index contributed by atoms with van der Waals surface area (Å²) < 4.78 is 0. The molecule has 0 aliphatic rings. The van der Waals surface area contributed by atoms with E-state index in [1.165, 1.54) is 0 Å². The first kappa shape index (κ1) is 16.2. The van der Waals surface area contributed by atoms with Gasteiger partial charge in [0.15, 0.2) is 0 Å². The molecule has 0 radical (unpaired) electrons. The molecule has 1 unspecified atom stereocenters. The molecule has 0 aromatic heterocycles. The minimum Gasteiger partial charge on any atom is -0.481 e. The molecule has 0 aliphatic heterocycles. The number of rotatable bonds is 7. The Morgan fingerprint density at radius 3 is 2.35 bits per heavy atom. The van der Waals surface area contributed by atoms with Crippen LogP contribution in [0.3, 0.4) is 0 Å². The Labute approximate surface area is 119 Å². The zero-order valence-electron chi connectivity index (χ0n) is 12.0. The molecule has 1 aromatic carbocycles. The van der Waals surface area contributed by atoms with Gasteiger partial charge in [0, 0.05) is 18.2 Å². The summed E-state index contributed by atoms with van der Waals surface area (Å²) in [6.07, 6.45) is 0.728. The Hall–Kier alpha value is -1.88. The summed E-state index contributed by atoms with van der Waals surface area (Å²) in [7, 11) is 0. The molecular weight excluding hydrogens is 256 g/mol. The van der Waals surface area contributed by atoms with Crippen molar-refractivity contribution in [1.29, 1.82) is 0 Å². The van der Waals surface area contributed by atoms with E-state index in [4.69, 9.17) is 10.8 Å². The minimum absolute atomic E-state index is 0.0508. The van der Waals surface area contributed by atoms with Gasteiger partial charge in [0.25, 0.3) is 5.91 Å². The molecule has 1 rings (SSSR count). The second-order valence-electron chi connectivity index (χ2n) is 4.77. The van der Waals surface area contributed by atoms with Gasteiger partial charge in [-0.3, -0.25) is 9.59 Å². The van der Waals surface area contributed by atoms with Crippen molar-refractivity contribution >= 4 is 11.9 Å². The minimum atomic E-state index is -0.901. The molecule has 110 valence electrons. The number of carbonyl (C=O) groups excluding carboxylic acids is 1. The number of hydrogen-bond acceptors (Lipinski definition) is 3.